The molecule has 1 heterocycles. The Morgan fingerprint density at radius 3 is 2.47 bits per heavy atom. The summed E-state index contributed by atoms with van der Waals surface area (Å²) in [6.45, 7) is 2.62. The Labute approximate surface area is 114 Å². The normalized spacial score (nSPS) is 18.2. The predicted molar refractivity (Wildman–Crippen MR) is 72.4 cm³/mol. The number of methoxy groups -OCH3 is 1. The fourth-order valence-electron chi connectivity index (χ4n) is 2.01. The zero-order valence-corrected chi connectivity index (χ0v) is 12.3. The molecule has 19 heavy (non-hydrogen) atoms. The number of ether oxygens (including phenoxy) is 1. The van der Waals surface area contributed by atoms with Crippen LogP contribution in [0.5, 0.6) is 0 Å². The molecule has 112 valence electrons. The predicted octanol–water partition coefficient (Wildman–Crippen LogP) is -0.396. The zero-order valence-electron chi connectivity index (χ0n) is 11.5. The van der Waals surface area contributed by atoms with Crippen LogP contribution in [0.2, 0.25) is 0 Å². The molecule has 8 heteroatoms. The van der Waals surface area contributed by atoms with Gasteiger partial charge in [-0.15, -0.1) is 0 Å². The van der Waals surface area contributed by atoms with E-state index in [9.17, 15) is 13.2 Å². The van der Waals surface area contributed by atoms with Crippen molar-refractivity contribution >= 4 is 16.1 Å². The Kier molecular flexibility index (Phi) is 6.53. The highest BCUT2D eigenvalue weighted by atomic mass is 32.2. The molecule has 0 aromatic carbocycles. The molecule has 0 spiro atoms. The van der Waals surface area contributed by atoms with Crippen molar-refractivity contribution in [3.05, 3.63) is 0 Å². The van der Waals surface area contributed by atoms with E-state index in [1.165, 1.54) is 10.6 Å². The van der Waals surface area contributed by atoms with E-state index >= 15 is 0 Å². The van der Waals surface area contributed by atoms with Crippen LogP contribution in [0.3, 0.4) is 0 Å². The first-order chi connectivity index (χ1) is 8.93. The number of hydrogen-bond acceptors (Lipinski definition) is 4. The highest BCUT2D eigenvalue weighted by molar-refractivity contribution is 7.88. The second-order valence-corrected chi connectivity index (χ2v) is 6.72. The number of nitrogens with zero attached hydrogens (tertiary/aromatic N) is 1. The van der Waals surface area contributed by atoms with Crippen molar-refractivity contribution in [1.82, 2.24) is 14.9 Å². The summed E-state index contributed by atoms with van der Waals surface area (Å²) in [6, 6.07) is -0.206. The molecule has 1 rings (SSSR count). The molecule has 7 nitrogen and oxygen atoms in total. The van der Waals surface area contributed by atoms with E-state index in [1.54, 1.807) is 7.11 Å². The average molecular weight is 293 g/mol. The highest BCUT2D eigenvalue weighted by Gasteiger charge is 2.24. The van der Waals surface area contributed by atoms with E-state index in [0.717, 1.165) is 12.8 Å². The zero-order chi connectivity index (χ0) is 14.3. The van der Waals surface area contributed by atoms with Crippen LogP contribution in [-0.2, 0) is 14.8 Å². The lowest BCUT2D eigenvalue weighted by Gasteiger charge is -2.30. The molecule has 0 unspecified atom stereocenters. The van der Waals surface area contributed by atoms with Crippen molar-refractivity contribution in [3.8, 4) is 0 Å². The lowest BCUT2D eigenvalue weighted by Crippen LogP contribution is -2.43. The molecule has 1 aliphatic rings. The Morgan fingerprint density at radius 1 is 1.32 bits per heavy atom. The molecular formula is C11H23N3O4S. The van der Waals surface area contributed by atoms with Crippen LogP contribution in [-0.4, -0.2) is 64.9 Å². The quantitative estimate of drug-likeness (QED) is 0.653. The van der Waals surface area contributed by atoms with E-state index in [2.05, 4.69) is 10.6 Å². The molecule has 2 N–H and O–H groups in total. The smallest absolute Gasteiger partial charge is 0.314 e. The molecule has 0 atom stereocenters. The third-order valence-electron chi connectivity index (χ3n) is 3.19. The molecule has 0 saturated carbocycles. The van der Waals surface area contributed by atoms with Crippen molar-refractivity contribution in [3.63, 3.8) is 0 Å². The van der Waals surface area contributed by atoms with E-state index in [1.807, 2.05) is 0 Å². The van der Waals surface area contributed by atoms with Gasteiger partial charge in [0.2, 0.25) is 10.0 Å². The molecule has 1 fully saturated rings. The number of sulfonamides is 1. The monoisotopic (exact) mass is 293 g/mol. The van der Waals surface area contributed by atoms with Crippen LogP contribution in [0.1, 0.15) is 12.8 Å². The van der Waals surface area contributed by atoms with Crippen molar-refractivity contribution in [2.45, 2.75) is 12.8 Å². The van der Waals surface area contributed by atoms with Gasteiger partial charge in [0, 0.05) is 33.3 Å². The summed E-state index contributed by atoms with van der Waals surface area (Å²) in [6.07, 6.45) is 2.80. The Morgan fingerprint density at radius 2 is 1.95 bits per heavy atom. The van der Waals surface area contributed by atoms with Gasteiger partial charge in [-0.2, -0.15) is 0 Å². The highest BCUT2D eigenvalue weighted by Crippen LogP contribution is 2.18. The lowest BCUT2D eigenvalue weighted by atomic mass is 9.98. The first-order valence-corrected chi connectivity index (χ1v) is 8.24. The Hall–Kier alpha value is -0.860. The van der Waals surface area contributed by atoms with Crippen molar-refractivity contribution in [2.75, 3.05) is 46.2 Å². The summed E-state index contributed by atoms with van der Waals surface area (Å²) in [5, 5.41) is 5.47. The van der Waals surface area contributed by atoms with Crippen LogP contribution in [0.4, 0.5) is 4.79 Å². The van der Waals surface area contributed by atoms with Crippen LogP contribution in [0.15, 0.2) is 0 Å². The first-order valence-electron chi connectivity index (χ1n) is 6.39. The van der Waals surface area contributed by atoms with E-state index < -0.39 is 10.0 Å². The van der Waals surface area contributed by atoms with Gasteiger partial charge < -0.3 is 15.4 Å². The van der Waals surface area contributed by atoms with Gasteiger partial charge in [-0.3, -0.25) is 0 Å². The second kappa shape index (κ2) is 7.66. The maximum Gasteiger partial charge on any atom is 0.314 e. The van der Waals surface area contributed by atoms with E-state index in [-0.39, 0.29) is 6.03 Å². The van der Waals surface area contributed by atoms with Gasteiger partial charge in [-0.25, -0.2) is 17.5 Å². The van der Waals surface area contributed by atoms with Gasteiger partial charge >= 0.3 is 6.03 Å². The van der Waals surface area contributed by atoms with Crippen molar-refractivity contribution in [1.29, 1.82) is 0 Å². The number of hydrogen-bond donors (Lipinski definition) is 2. The number of piperidine rings is 1. The standard InChI is InChI=1S/C11H23N3O4S/c1-18-8-5-12-11(15)13-9-10-3-6-14(7-4-10)19(2,16)17/h10H,3-9H2,1-2H3,(H2,12,13,15). The molecule has 1 saturated heterocycles. The van der Waals surface area contributed by atoms with Crippen LogP contribution in [0, 0.1) is 5.92 Å². The van der Waals surface area contributed by atoms with Crippen LogP contribution in [0.25, 0.3) is 0 Å². The summed E-state index contributed by atoms with van der Waals surface area (Å²) in [4.78, 5) is 11.4. The minimum Gasteiger partial charge on any atom is -0.383 e. The van der Waals surface area contributed by atoms with Gasteiger partial charge in [-0.1, -0.05) is 0 Å². The topological polar surface area (TPSA) is 87.7 Å². The largest absolute Gasteiger partial charge is 0.383 e. The van der Waals surface area contributed by atoms with Crippen LogP contribution < -0.4 is 10.6 Å². The maximum absolute atomic E-state index is 11.4. The molecule has 0 radical (unpaired) electrons. The molecule has 0 aromatic rings. The number of carbonyl (C=O) groups excluding carboxylic acids is 1. The van der Waals surface area contributed by atoms with Gasteiger partial charge in [0.25, 0.3) is 0 Å². The third-order valence-corrected chi connectivity index (χ3v) is 4.49. The summed E-state index contributed by atoms with van der Waals surface area (Å²) in [7, 11) is -1.50. The minimum absolute atomic E-state index is 0.206. The molecule has 0 bridgehead atoms. The molecule has 2 amide bonds. The van der Waals surface area contributed by atoms with Gasteiger partial charge in [-0.05, 0) is 18.8 Å². The molecule has 0 aliphatic carbocycles. The minimum atomic E-state index is -3.08. The first kappa shape index (κ1) is 16.2. The Balaban J connectivity index is 2.17. The number of amides is 2. The fraction of sp³-hybridized carbons (Fsp3) is 0.909. The molecule has 0 aromatic heterocycles. The second-order valence-electron chi connectivity index (χ2n) is 4.74. The Bertz CT molecular complexity index is 377. The number of urea groups is 1. The van der Waals surface area contributed by atoms with E-state index in [4.69, 9.17) is 4.74 Å². The molecular weight excluding hydrogens is 270 g/mol. The maximum atomic E-state index is 11.4. The SMILES string of the molecule is COCCNC(=O)NCC1CCN(S(C)(=O)=O)CC1. The van der Waals surface area contributed by atoms with E-state index in [0.29, 0.717) is 38.7 Å². The summed E-state index contributed by atoms with van der Waals surface area (Å²) < 4.78 is 29.0. The lowest BCUT2D eigenvalue weighted by molar-refractivity contribution is 0.194. The summed E-state index contributed by atoms with van der Waals surface area (Å²) in [5.41, 5.74) is 0. The van der Waals surface area contributed by atoms with Crippen molar-refractivity contribution < 1.29 is 17.9 Å². The summed E-state index contributed by atoms with van der Waals surface area (Å²) in [5.74, 6) is 0.339. The van der Waals surface area contributed by atoms with Crippen molar-refractivity contribution in [2.24, 2.45) is 5.92 Å². The van der Waals surface area contributed by atoms with Gasteiger partial charge in [0.15, 0.2) is 0 Å². The van der Waals surface area contributed by atoms with Crippen LogP contribution >= 0.6 is 0 Å². The molecule has 1 aliphatic heterocycles. The number of nitrogens with one attached hydrogen (secondary N) is 2. The van der Waals surface area contributed by atoms with Gasteiger partial charge in [0.1, 0.15) is 0 Å². The summed E-state index contributed by atoms with van der Waals surface area (Å²) >= 11 is 0. The fourth-order valence-corrected chi connectivity index (χ4v) is 2.89. The third kappa shape index (κ3) is 6.22. The number of rotatable bonds is 6. The average Bonchev–Trinajstić information content (AvgIpc) is 2.36. The number of carbonyl (C=O) groups is 1. The van der Waals surface area contributed by atoms with Gasteiger partial charge in [0.05, 0.1) is 12.9 Å².